The first-order valence-electron chi connectivity index (χ1n) is 8.26. The van der Waals surface area contributed by atoms with Crippen LogP contribution in [0.25, 0.3) is 22.2 Å². The number of nitrogens with zero attached hydrogens (tertiary/aromatic N) is 2. The highest BCUT2D eigenvalue weighted by Gasteiger charge is 2.29. The normalized spacial score (nSPS) is 13.5. The summed E-state index contributed by atoms with van der Waals surface area (Å²) in [6, 6.07) is 17.5. The highest BCUT2D eigenvalue weighted by molar-refractivity contribution is 7.10. The average molecular weight is 362 g/mol. The Balaban J connectivity index is 1.69. The molecule has 130 valence electrons. The summed E-state index contributed by atoms with van der Waals surface area (Å²) in [6.07, 6.45) is 1.82. The Labute approximate surface area is 155 Å². The molecule has 4 rings (SSSR count). The van der Waals surface area contributed by atoms with E-state index in [4.69, 9.17) is 4.74 Å². The molecule has 1 unspecified atom stereocenters. The molecule has 5 heteroatoms. The molecule has 4 aromatic rings. The van der Waals surface area contributed by atoms with Crippen molar-refractivity contribution in [1.29, 1.82) is 0 Å². The Morgan fingerprint density at radius 1 is 1.08 bits per heavy atom. The van der Waals surface area contributed by atoms with Gasteiger partial charge < -0.3 is 9.84 Å². The van der Waals surface area contributed by atoms with Crippen molar-refractivity contribution in [1.82, 2.24) is 9.97 Å². The monoisotopic (exact) mass is 362 g/mol. The molecule has 0 radical (unpaired) electrons. The van der Waals surface area contributed by atoms with Gasteiger partial charge >= 0.3 is 0 Å². The molecule has 1 atom stereocenters. The summed E-state index contributed by atoms with van der Waals surface area (Å²) < 4.78 is 5.18. The van der Waals surface area contributed by atoms with Crippen molar-refractivity contribution in [2.75, 3.05) is 7.11 Å². The van der Waals surface area contributed by atoms with Crippen LogP contribution in [0.15, 0.2) is 66.2 Å². The second-order valence-corrected chi connectivity index (χ2v) is 7.11. The molecule has 4 nitrogen and oxygen atoms in total. The SMILES string of the molecule is COc1ccc(C(C)(O)c2nc(-c3cnc4ccccc4c3)cs2)cc1. The molecule has 0 aliphatic carbocycles. The van der Waals surface area contributed by atoms with Gasteiger partial charge in [0.15, 0.2) is 0 Å². The zero-order valence-electron chi connectivity index (χ0n) is 14.5. The van der Waals surface area contributed by atoms with Gasteiger partial charge in [-0.1, -0.05) is 30.3 Å². The third-order valence-electron chi connectivity index (χ3n) is 4.46. The highest BCUT2D eigenvalue weighted by atomic mass is 32.1. The van der Waals surface area contributed by atoms with E-state index in [1.54, 1.807) is 14.0 Å². The molecule has 0 aliphatic heterocycles. The third kappa shape index (κ3) is 2.96. The first kappa shape index (κ1) is 16.7. The molecule has 0 aliphatic rings. The minimum absolute atomic E-state index is 0.644. The van der Waals surface area contributed by atoms with Gasteiger partial charge in [0.1, 0.15) is 16.4 Å². The lowest BCUT2D eigenvalue weighted by Gasteiger charge is -2.21. The summed E-state index contributed by atoms with van der Waals surface area (Å²) >= 11 is 1.44. The van der Waals surface area contributed by atoms with Crippen molar-refractivity contribution in [3.63, 3.8) is 0 Å². The predicted molar refractivity (Wildman–Crippen MR) is 105 cm³/mol. The van der Waals surface area contributed by atoms with Crippen LogP contribution in [0.3, 0.4) is 0 Å². The fourth-order valence-corrected chi connectivity index (χ4v) is 3.79. The minimum Gasteiger partial charge on any atom is -0.497 e. The van der Waals surface area contributed by atoms with Crippen LogP contribution in [-0.2, 0) is 5.60 Å². The van der Waals surface area contributed by atoms with Gasteiger partial charge in [-0.15, -0.1) is 11.3 Å². The Kier molecular flexibility index (Phi) is 4.18. The summed E-state index contributed by atoms with van der Waals surface area (Å²) in [5.74, 6) is 0.756. The van der Waals surface area contributed by atoms with E-state index in [-0.39, 0.29) is 0 Å². The molecule has 0 saturated heterocycles. The number of hydrogen-bond acceptors (Lipinski definition) is 5. The number of aliphatic hydroxyl groups is 1. The van der Waals surface area contributed by atoms with Crippen LogP contribution in [0, 0.1) is 0 Å². The zero-order chi connectivity index (χ0) is 18.1. The van der Waals surface area contributed by atoms with Crippen molar-refractivity contribution in [3.05, 3.63) is 76.7 Å². The summed E-state index contributed by atoms with van der Waals surface area (Å²) in [5, 5.41) is 14.7. The Morgan fingerprint density at radius 2 is 1.85 bits per heavy atom. The summed E-state index contributed by atoms with van der Waals surface area (Å²) in [5.41, 5.74) is 2.32. The van der Waals surface area contributed by atoms with E-state index in [0.29, 0.717) is 5.01 Å². The van der Waals surface area contributed by atoms with Crippen molar-refractivity contribution in [2.24, 2.45) is 0 Å². The molecule has 0 fully saturated rings. The van der Waals surface area contributed by atoms with E-state index in [0.717, 1.165) is 33.5 Å². The lowest BCUT2D eigenvalue weighted by molar-refractivity contribution is 0.102. The van der Waals surface area contributed by atoms with Crippen molar-refractivity contribution in [3.8, 4) is 17.0 Å². The molecule has 2 heterocycles. The number of benzene rings is 2. The van der Waals surface area contributed by atoms with Crippen molar-refractivity contribution < 1.29 is 9.84 Å². The summed E-state index contributed by atoms with van der Waals surface area (Å²) in [4.78, 5) is 9.17. The smallest absolute Gasteiger partial charge is 0.138 e. The first-order valence-corrected chi connectivity index (χ1v) is 9.14. The molecule has 0 saturated carbocycles. The van der Waals surface area contributed by atoms with Crippen LogP contribution < -0.4 is 4.74 Å². The number of methoxy groups -OCH3 is 1. The number of para-hydroxylation sites is 1. The number of fused-ring (bicyclic) bond motifs is 1. The Morgan fingerprint density at radius 3 is 2.62 bits per heavy atom. The number of hydrogen-bond donors (Lipinski definition) is 1. The molecule has 0 bridgehead atoms. The number of rotatable bonds is 4. The number of pyridine rings is 1. The van der Waals surface area contributed by atoms with Crippen LogP contribution in [0.5, 0.6) is 5.75 Å². The first-order chi connectivity index (χ1) is 12.6. The van der Waals surface area contributed by atoms with Gasteiger partial charge in [0.25, 0.3) is 0 Å². The topological polar surface area (TPSA) is 55.2 Å². The molecule has 1 N–H and O–H groups in total. The van der Waals surface area contributed by atoms with Gasteiger partial charge in [-0.25, -0.2) is 4.98 Å². The lowest BCUT2D eigenvalue weighted by Crippen LogP contribution is -2.22. The fraction of sp³-hybridized carbons (Fsp3) is 0.143. The van der Waals surface area contributed by atoms with Crippen LogP contribution in [0.1, 0.15) is 17.5 Å². The fourth-order valence-electron chi connectivity index (χ4n) is 2.88. The van der Waals surface area contributed by atoms with E-state index < -0.39 is 5.60 Å². The summed E-state index contributed by atoms with van der Waals surface area (Å²) in [7, 11) is 1.62. The number of aromatic nitrogens is 2. The molecular weight excluding hydrogens is 344 g/mol. The standard InChI is InChI=1S/C21H18N2O2S/c1-21(24,16-7-9-17(25-2)10-8-16)20-23-19(13-26-20)15-11-14-5-3-4-6-18(14)22-12-15/h3-13,24H,1-2H3. The van der Waals surface area contributed by atoms with Gasteiger partial charge in [-0.2, -0.15) is 0 Å². The lowest BCUT2D eigenvalue weighted by atomic mass is 9.97. The zero-order valence-corrected chi connectivity index (χ0v) is 15.3. The van der Waals surface area contributed by atoms with Gasteiger partial charge in [0, 0.05) is 22.5 Å². The molecule has 26 heavy (non-hydrogen) atoms. The minimum atomic E-state index is -1.17. The van der Waals surface area contributed by atoms with E-state index in [2.05, 4.69) is 16.0 Å². The Hall–Kier alpha value is -2.76. The number of thiazole rings is 1. The van der Waals surface area contributed by atoms with Crippen LogP contribution in [0.2, 0.25) is 0 Å². The maximum atomic E-state index is 11.0. The van der Waals surface area contributed by atoms with E-state index in [9.17, 15) is 5.11 Å². The third-order valence-corrected chi connectivity index (χ3v) is 5.51. The average Bonchev–Trinajstić information content (AvgIpc) is 3.19. The van der Waals surface area contributed by atoms with Crippen LogP contribution in [-0.4, -0.2) is 22.2 Å². The van der Waals surface area contributed by atoms with E-state index in [1.165, 1.54) is 11.3 Å². The summed E-state index contributed by atoms with van der Waals surface area (Å²) in [6.45, 7) is 1.76. The molecule has 2 aromatic carbocycles. The quantitative estimate of drug-likeness (QED) is 0.575. The van der Waals surface area contributed by atoms with Gasteiger partial charge in [0.05, 0.1) is 18.3 Å². The predicted octanol–water partition coefficient (Wildman–Crippen LogP) is 4.62. The van der Waals surface area contributed by atoms with E-state index >= 15 is 0 Å². The second kappa shape index (κ2) is 6.52. The van der Waals surface area contributed by atoms with Crippen molar-refractivity contribution in [2.45, 2.75) is 12.5 Å². The van der Waals surface area contributed by atoms with Crippen LogP contribution in [0.4, 0.5) is 0 Å². The van der Waals surface area contributed by atoms with Crippen LogP contribution >= 0.6 is 11.3 Å². The van der Waals surface area contributed by atoms with Gasteiger partial charge in [-0.05, 0) is 36.8 Å². The van der Waals surface area contributed by atoms with Gasteiger partial charge in [-0.3, -0.25) is 4.98 Å². The number of ether oxygens (including phenoxy) is 1. The largest absolute Gasteiger partial charge is 0.497 e. The second-order valence-electron chi connectivity index (χ2n) is 6.26. The molecule has 0 spiro atoms. The van der Waals surface area contributed by atoms with Crippen molar-refractivity contribution >= 4 is 22.2 Å². The molecule has 2 aromatic heterocycles. The molecular formula is C21H18N2O2S. The van der Waals surface area contributed by atoms with Gasteiger partial charge in [0.2, 0.25) is 0 Å². The molecule has 0 amide bonds. The Bertz CT molecular complexity index is 1060. The van der Waals surface area contributed by atoms with E-state index in [1.807, 2.05) is 60.1 Å². The maximum absolute atomic E-state index is 11.0. The highest BCUT2D eigenvalue weighted by Crippen LogP contribution is 2.34. The maximum Gasteiger partial charge on any atom is 0.138 e.